The zero-order valence-electron chi connectivity index (χ0n) is 10.9. The molecule has 2 rings (SSSR count). The van der Waals surface area contributed by atoms with Crippen molar-refractivity contribution in [1.29, 1.82) is 0 Å². The van der Waals surface area contributed by atoms with E-state index in [1.807, 2.05) is 0 Å². The minimum atomic E-state index is -4.43. The molecule has 0 radical (unpaired) electrons. The molecule has 0 spiro atoms. The number of benzene rings is 1. The van der Waals surface area contributed by atoms with Crippen molar-refractivity contribution in [3.8, 4) is 5.69 Å². The zero-order chi connectivity index (χ0) is 15.6. The van der Waals surface area contributed by atoms with Crippen LogP contribution in [0.25, 0.3) is 11.8 Å². The van der Waals surface area contributed by atoms with E-state index in [1.165, 1.54) is 29.1 Å². The standard InChI is InChI=1S/C14H11F3N2O2/c1-9-10(5-6-13(20)21)8-18-19(9)12-4-2-3-11(7-12)14(15,16)17/h2-8H,1H3,(H,20,21)/b6-5+. The van der Waals surface area contributed by atoms with Crippen molar-refractivity contribution in [3.63, 3.8) is 0 Å². The van der Waals surface area contributed by atoms with E-state index in [1.54, 1.807) is 6.92 Å². The van der Waals surface area contributed by atoms with E-state index in [9.17, 15) is 18.0 Å². The lowest BCUT2D eigenvalue weighted by Crippen LogP contribution is -2.07. The van der Waals surface area contributed by atoms with Crippen molar-refractivity contribution in [2.45, 2.75) is 13.1 Å². The Labute approximate surface area is 118 Å². The van der Waals surface area contributed by atoms with E-state index in [0.29, 0.717) is 11.3 Å². The molecule has 7 heteroatoms. The first kappa shape index (κ1) is 14.8. The molecular formula is C14H11F3N2O2. The summed E-state index contributed by atoms with van der Waals surface area (Å²) in [6.07, 6.45) is -0.743. The highest BCUT2D eigenvalue weighted by molar-refractivity contribution is 5.85. The van der Waals surface area contributed by atoms with Crippen LogP contribution < -0.4 is 0 Å². The maximum atomic E-state index is 12.7. The van der Waals surface area contributed by atoms with Gasteiger partial charge in [-0.25, -0.2) is 9.48 Å². The van der Waals surface area contributed by atoms with Crippen LogP contribution in [-0.2, 0) is 11.0 Å². The number of nitrogens with zero attached hydrogens (tertiary/aromatic N) is 2. The van der Waals surface area contributed by atoms with Crippen molar-refractivity contribution in [3.05, 3.63) is 53.4 Å². The van der Waals surface area contributed by atoms with Gasteiger partial charge in [0.05, 0.1) is 17.4 Å². The van der Waals surface area contributed by atoms with Crippen LogP contribution in [0.3, 0.4) is 0 Å². The van der Waals surface area contributed by atoms with Gasteiger partial charge in [-0.05, 0) is 31.2 Å². The van der Waals surface area contributed by atoms with E-state index in [-0.39, 0.29) is 5.69 Å². The second-order valence-corrected chi connectivity index (χ2v) is 4.32. The summed E-state index contributed by atoms with van der Waals surface area (Å²) < 4.78 is 39.4. The summed E-state index contributed by atoms with van der Waals surface area (Å²) in [7, 11) is 0. The van der Waals surface area contributed by atoms with Crippen LogP contribution in [0.2, 0.25) is 0 Å². The fourth-order valence-electron chi connectivity index (χ4n) is 1.82. The van der Waals surface area contributed by atoms with E-state index in [2.05, 4.69) is 5.10 Å². The average Bonchev–Trinajstić information content (AvgIpc) is 2.77. The van der Waals surface area contributed by atoms with Gasteiger partial charge >= 0.3 is 12.1 Å². The Kier molecular flexibility index (Phi) is 3.84. The monoisotopic (exact) mass is 296 g/mol. The van der Waals surface area contributed by atoms with Crippen LogP contribution in [0.5, 0.6) is 0 Å². The molecule has 0 bridgehead atoms. The molecule has 1 aromatic carbocycles. The van der Waals surface area contributed by atoms with Crippen molar-refractivity contribution in [2.24, 2.45) is 0 Å². The molecule has 0 aliphatic rings. The molecule has 0 unspecified atom stereocenters. The van der Waals surface area contributed by atoms with Gasteiger partial charge in [0.2, 0.25) is 0 Å². The largest absolute Gasteiger partial charge is 0.478 e. The highest BCUT2D eigenvalue weighted by Gasteiger charge is 2.30. The third-order valence-corrected chi connectivity index (χ3v) is 2.87. The van der Waals surface area contributed by atoms with E-state index in [0.717, 1.165) is 18.2 Å². The summed E-state index contributed by atoms with van der Waals surface area (Å²) in [5.74, 6) is -1.11. The summed E-state index contributed by atoms with van der Waals surface area (Å²) in [5.41, 5.74) is 0.566. The number of hydrogen-bond donors (Lipinski definition) is 1. The van der Waals surface area contributed by atoms with Gasteiger partial charge in [0.15, 0.2) is 0 Å². The Morgan fingerprint density at radius 1 is 1.38 bits per heavy atom. The number of alkyl halides is 3. The molecule has 0 aliphatic carbocycles. The minimum absolute atomic E-state index is 0.261. The van der Waals surface area contributed by atoms with Gasteiger partial charge in [-0.15, -0.1) is 0 Å². The second-order valence-electron chi connectivity index (χ2n) is 4.32. The fraction of sp³-hybridized carbons (Fsp3) is 0.143. The highest BCUT2D eigenvalue weighted by atomic mass is 19.4. The lowest BCUT2D eigenvalue weighted by Gasteiger charge is -2.10. The maximum Gasteiger partial charge on any atom is 0.416 e. The highest BCUT2D eigenvalue weighted by Crippen LogP contribution is 2.30. The molecule has 2 aromatic rings. The molecule has 21 heavy (non-hydrogen) atoms. The topological polar surface area (TPSA) is 55.1 Å². The Bertz CT molecular complexity index is 702. The van der Waals surface area contributed by atoms with Gasteiger partial charge < -0.3 is 5.11 Å². The Hall–Kier alpha value is -2.57. The number of aromatic nitrogens is 2. The van der Waals surface area contributed by atoms with Crippen LogP contribution >= 0.6 is 0 Å². The van der Waals surface area contributed by atoms with Crippen LogP contribution in [0.1, 0.15) is 16.8 Å². The van der Waals surface area contributed by atoms with Crippen LogP contribution in [0, 0.1) is 6.92 Å². The first-order valence-corrected chi connectivity index (χ1v) is 5.92. The second kappa shape index (κ2) is 5.43. The first-order chi connectivity index (χ1) is 9.79. The van der Waals surface area contributed by atoms with Crippen molar-refractivity contribution >= 4 is 12.0 Å². The maximum absolute atomic E-state index is 12.7. The molecule has 0 saturated carbocycles. The van der Waals surface area contributed by atoms with E-state index in [4.69, 9.17) is 5.11 Å². The predicted molar refractivity (Wildman–Crippen MR) is 70.0 cm³/mol. The number of aliphatic carboxylic acids is 1. The van der Waals surface area contributed by atoms with Crippen LogP contribution in [-0.4, -0.2) is 20.9 Å². The average molecular weight is 296 g/mol. The van der Waals surface area contributed by atoms with Gasteiger partial charge in [0, 0.05) is 17.3 Å². The van der Waals surface area contributed by atoms with E-state index < -0.39 is 17.7 Å². The molecule has 1 N–H and O–H groups in total. The summed E-state index contributed by atoms with van der Waals surface area (Å²) in [5, 5.41) is 12.6. The SMILES string of the molecule is Cc1c(/C=C/C(=O)O)cnn1-c1cccc(C(F)(F)F)c1. The molecule has 0 aliphatic heterocycles. The van der Waals surface area contributed by atoms with Gasteiger partial charge in [0.25, 0.3) is 0 Å². The van der Waals surface area contributed by atoms with Crippen molar-refractivity contribution in [2.75, 3.05) is 0 Å². The summed E-state index contributed by atoms with van der Waals surface area (Å²) in [6.45, 7) is 1.65. The lowest BCUT2D eigenvalue weighted by molar-refractivity contribution is -0.137. The lowest BCUT2D eigenvalue weighted by atomic mass is 10.2. The van der Waals surface area contributed by atoms with Gasteiger partial charge in [0.1, 0.15) is 0 Å². The summed E-state index contributed by atoms with van der Waals surface area (Å²) in [6, 6.07) is 4.77. The number of carboxylic acids is 1. The van der Waals surface area contributed by atoms with Crippen LogP contribution in [0.15, 0.2) is 36.5 Å². The number of carbonyl (C=O) groups is 1. The molecule has 1 aromatic heterocycles. The molecule has 0 atom stereocenters. The third-order valence-electron chi connectivity index (χ3n) is 2.87. The van der Waals surface area contributed by atoms with Gasteiger partial charge in [-0.3, -0.25) is 0 Å². The smallest absolute Gasteiger partial charge is 0.416 e. The van der Waals surface area contributed by atoms with Crippen molar-refractivity contribution < 1.29 is 23.1 Å². The van der Waals surface area contributed by atoms with Gasteiger partial charge in [-0.2, -0.15) is 18.3 Å². The molecule has 4 nitrogen and oxygen atoms in total. The normalized spacial score (nSPS) is 12.0. The summed E-state index contributed by atoms with van der Waals surface area (Å²) >= 11 is 0. The van der Waals surface area contributed by atoms with Crippen molar-refractivity contribution in [1.82, 2.24) is 9.78 Å². The number of halogens is 3. The Balaban J connectivity index is 2.42. The number of hydrogen-bond acceptors (Lipinski definition) is 2. The molecule has 0 fully saturated rings. The van der Waals surface area contributed by atoms with Crippen LogP contribution in [0.4, 0.5) is 13.2 Å². The first-order valence-electron chi connectivity index (χ1n) is 5.92. The molecule has 0 saturated heterocycles. The number of rotatable bonds is 3. The molecule has 1 heterocycles. The minimum Gasteiger partial charge on any atom is -0.478 e. The third kappa shape index (κ3) is 3.31. The van der Waals surface area contributed by atoms with Gasteiger partial charge in [-0.1, -0.05) is 6.07 Å². The summed E-state index contributed by atoms with van der Waals surface area (Å²) in [4.78, 5) is 10.5. The predicted octanol–water partition coefficient (Wildman–Crippen LogP) is 3.30. The zero-order valence-corrected chi connectivity index (χ0v) is 10.9. The molecule has 0 amide bonds. The van der Waals surface area contributed by atoms with E-state index >= 15 is 0 Å². The molecular weight excluding hydrogens is 285 g/mol. The molecule has 110 valence electrons. The quantitative estimate of drug-likeness (QED) is 0.884. The number of carboxylic acid groups (broad SMARTS) is 1. The Morgan fingerprint density at radius 3 is 2.71 bits per heavy atom. The Morgan fingerprint density at radius 2 is 2.10 bits per heavy atom. The fourth-order valence-corrected chi connectivity index (χ4v) is 1.82.